The maximum Gasteiger partial charge on any atom is 0.224 e. The van der Waals surface area contributed by atoms with Gasteiger partial charge in [-0.25, -0.2) is 0 Å². The molecule has 4 aliphatic heterocycles. The number of rotatable bonds is 9. The van der Waals surface area contributed by atoms with Crippen LogP contribution in [0.15, 0.2) is 0 Å². The molecule has 0 aromatic heterocycles. The highest BCUT2D eigenvalue weighted by Gasteiger charge is 2.58. The van der Waals surface area contributed by atoms with Crippen LogP contribution in [0, 0.1) is 0 Å². The lowest BCUT2D eigenvalue weighted by molar-refractivity contribution is -0.383. The number of aliphatic hydroxyl groups is 16. The molecule has 4 rings (SSSR count). The van der Waals surface area contributed by atoms with Gasteiger partial charge in [-0.1, -0.05) is 0 Å². The Bertz CT molecular complexity index is 913. The van der Waals surface area contributed by atoms with Crippen LogP contribution in [0.3, 0.4) is 0 Å². The Kier molecular flexibility index (Phi) is 14.3. The second kappa shape index (κ2) is 16.7. The predicted octanol–water partition coefficient (Wildman–Crippen LogP) is -10.8. The molecule has 4 aliphatic rings. The predicted molar refractivity (Wildman–Crippen MR) is 137 cm³/mol. The van der Waals surface area contributed by atoms with Crippen molar-refractivity contribution in [2.45, 2.75) is 116 Å². The first kappa shape index (κ1) is 39.6. The van der Waals surface area contributed by atoms with E-state index in [2.05, 4.69) is 0 Å². The van der Waals surface area contributed by atoms with Crippen LogP contribution in [0.2, 0.25) is 0 Å². The minimum atomic E-state index is -2.22. The van der Waals surface area contributed by atoms with Gasteiger partial charge >= 0.3 is 0 Å². The summed E-state index contributed by atoms with van der Waals surface area (Å²) in [7, 11) is 0. The Morgan fingerprint density at radius 3 is 1.39 bits per heavy atom. The largest absolute Gasteiger partial charge is 0.394 e. The van der Waals surface area contributed by atoms with Crippen LogP contribution in [0.5, 0.6) is 0 Å². The number of aliphatic hydroxyl groups excluding tert-OH is 16. The van der Waals surface area contributed by atoms with Crippen molar-refractivity contribution in [1.82, 2.24) is 0 Å². The van der Waals surface area contributed by atoms with Crippen LogP contribution < -0.4 is 0 Å². The maximum absolute atomic E-state index is 10.00. The molecule has 0 aromatic carbocycles. The van der Waals surface area contributed by atoms with Gasteiger partial charge in [0, 0.05) is 0 Å². The summed E-state index contributed by atoms with van der Waals surface area (Å²) in [5.41, 5.74) is 0. The number of ether oxygens (including phenoxy) is 6. The Morgan fingerprint density at radius 2 is 0.935 bits per heavy atom. The minimum absolute atomic E-state index is 0.667. The summed E-state index contributed by atoms with van der Waals surface area (Å²) < 4.78 is 30.7. The molecule has 46 heavy (non-hydrogen) atoms. The summed E-state index contributed by atoms with van der Waals surface area (Å²) in [6.07, 6.45) is -28.2. The van der Waals surface area contributed by atoms with Crippen molar-refractivity contribution in [1.29, 1.82) is 0 Å². The number of hydrogen-bond donors (Lipinski definition) is 16. The first-order valence-corrected chi connectivity index (χ1v) is 14.1. The van der Waals surface area contributed by atoms with Crippen molar-refractivity contribution < 1.29 is 110 Å². The molecule has 22 heteroatoms. The maximum atomic E-state index is 10.00. The molecule has 0 aliphatic carbocycles. The van der Waals surface area contributed by atoms with Crippen molar-refractivity contribution >= 4 is 0 Å². The lowest BCUT2D eigenvalue weighted by Gasteiger charge is -2.45. The molecule has 0 radical (unpaired) electrons. The van der Waals surface area contributed by atoms with Crippen LogP contribution in [-0.2, 0) is 28.4 Å². The van der Waals surface area contributed by atoms with Gasteiger partial charge in [0.2, 0.25) is 5.79 Å². The Labute approximate surface area is 260 Å². The Hall–Kier alpha value is -0.880. The third kappa shape index (κ3) is 7.95. The summed E-state index contributed by atoms with van der Waals surface area (Å²) in [4.78, 5) is 0. The lowest BCUT2D eigenvalue weighted by atomic mass is 9.97. The molecular formula is C24H44O22. The van der Waals surface area contributed by atoms with Gasteiger partial charge in [-0.3, -0.25) is 0 Å². The summed E-state index contributed by atoms with van der Waals surface area (Å²) in [6.45, 7) is -3.67. The molecule has 0 aromatic rings. The lowest BCUT2D eigenvalue weighted by Crippen LogP contribution is -2.64. The van der Waals surface area contributed by atoms with Crippen LogP contribution in [0.4, 0.5) is 0 Å². The molecule has 4 saturated heterocycles. The first-order chi connectivity index (χ1) is 21.6. The number of hydrogen-bond acceptors (Lipinski definition) is 22. The molecule has 0 saturated carbocycles. The van der Waals surface area contributed by atoms with E-state index in [1.165, 1.54) is 0 Å². The van der Waals surface area contributed by atoms with Crippen LogP contribution >= 0.6 is 0 Å². The smallest absolute Gasteiger partial charge is 0.224 e. The summed E-state index contributed by atoms with van der Waals surface area (Å²) in [6, 6.07) is 0. The standard InChI is InChI=1S/2C12H22O11/c13-1-4-6(16)8(18)9(19)11(21-4)23-12(3-15)10(20)7(17)5(2-14)22-12;13-1-3-5(15)6(16)9(19)12(22-3)23-10-4(2-14)21-11(20)8(18)7(10)17/h4-11,13-20H,1-3H2;3-20H,1-2H2/t4-,5-,6-,7-,8+,9-,10+,11-,12?;3-,4-,5+,6+,7-,8?,9-,10-,11?,12+/m11/s1. The van der Waals surface area contributed by atoms with Crippen molar-refractivity contribution in [2.24, 2.45) is 0 Å². The third-order valence-electron chi connectivity index (χ3n) is 8.05. The summed E-state index contributed by atoms with van der Waals surface area (Å²) in [5.74, 6) is -2.22. The highest BCUT2D eigenvalue weighted by molar-refractivity contribution is 4.98. The van der Waals surface area contributed by atoms with Crippen molar-refractivity contribution in [3.63, 3.8) is 0 Å². The van der Waals surface area contributed by atoms with E-state index in [-0.39, 0.29) is 0 Å². The molecule has 0 spiro atoms. The van der Waals surface area contributed by atoms with E-state index in [1.807, 2.05) is 0 Å². The topological polar surface area (TPSA) is 379 Å². The van der Waals surface area contributed by atoms with E-state index in [0.29, 0.717) is 0 Å². The second-order valence-corrected chi connectivity index (χ2v) is 11.1. The third-order valence-corrected chi connectivity index (χ3v) is 8.05. The molecule has 22 nitrogen and oxygen atoms in total. The monoisotopic (exact) mass is 684 g/mol. The average molecular weight is 685 g/mol. The van der Waals surface area contributed by atoms with Gasteiger partial charge in [-0.2, -0.15) is 0 Å². The summed E-state index contributed by atoms with van der Waals surface area (Å²) >= 11 is 0. The molecule has 4 heterocycles. The zero-order valence-corrected chi connectivity index (χ0v) is 24.0. The zero-order valence-electron chi connectivity index (χ0n) is 24.0. The quantitative estimate of drug-likeness (QED) is 0.107. The fourth-order valence-corrected chi connectivity index (χ4v) is 5.20. The highest BCUT2D eigenvalue weighted by atomic mass is 16.8. The molecule has 4 fully saturated rings. The molecule has 0 bridgehead atoms. The van der Waals surface area contributed by atoms with E-state index >= 15 is 0 Å². The van der Waals surface area contributed by atoms with E-state index in [1.54, 1.807) is 0 Å². The van der Waals surface area contributed by atoms with Gasteiger partial charge < -0.3 is 110 Å². The van der Waals surface area contributed by atoms with Gasteiger partial charge in [0.1, 0.15) is 98.2 Å². The molecule has 0 amide bonds. The van der Waals surface area contributed by atoms with Gasteiger partial charge in [-0.05, 0) is 0 Å². The SMILES string of the molecule is OC[C@H]1OC(CO)(O[C@H]2O[C@H](CO)[C@@H](O)[C@H](O)[C@H]2O)[C@@H](O)[C@@H]1O.OC[C@H]1O[C@@H](O[C@H]2[C@H](O)C(O)C(O)O[C@@H]2CO)[C@H](O)[C@@H](O)[C@H]1O. The van der Waals surface area contributed by atoms with Crippen LogP contribution in [0.1, 0.15) is 0 Å². The Balaban J connectivity index is 0.000000250. The first-order valence-electron chi connectivity index (χ1n) is 14.1. The summed E-state index contributed by atoms with van der Waals surface area (Å²) in [5, 5.41) is 153. The fourth-order valence-electron chi connectivity index (χ4n) is 5.20. The fraction of sp³-hybridized carbons (Fsp3) is 1.00. The minimum Gasteiger partial charge on any atom is -0.394 e. The molecule has 16 N–H and O–H groups in total. The van der Waals surface area contributed by atoms with E-state index in [9.17, 15) is 66.4 Å². The van der Waals surface area contributed by atoms with Crippen molar-refractivity contribution in [3.8, 4) is 0 Å². The normalized spacial score (nSPS) is 51.4. The van der Waals surface area contributed by atoms with E-state index in [0.717, 1.165) is 0 Å². The van der Waals surface area contributed by atoms with Crippen LogP contribution in [0.25, 0.3) is 0 Å². The van der Waals surface area contributed by atoms with E-state index in [4.69, 9.17) is 43.7 Å². The molecule has 272 valence electrons. The van der Waals surface area contributed by atoms with Crippen molar-refractivity contribution in [2.75, 3.05) is 33.0 Å². The molecular weight excluding hydrogens is 640 g/mol. The highest BCUT2D eigenvalue weighted by Crippen LogP contribution is 2.36. The molecule has 19 atom stereocenters. The molecule has 3 unspecified atom stereocenters. The van der Waals surface area contributed by atoms with Crippen LogP contribution in [-0.4, -0.2) is 231 Å². The zero-order chi connectivity index (χ0) is 34.7. The van der Waals surface area contributed by atoms with Crippen molar-refractivity contribution in [3.05, 3.63) is 0 Å². The van der Waals surface area contributed by atoms with Gasteiger partial charge in [0.25, 0.3) is 0 Å². The van der Waals surface area contributed by atoms with Gasteiger partial charge in [0.15, 0.2) is 18.9 Å². The van der Waals surface area contributed by atoms with E-state index < -0.39 is 149 Å². The Morgan fingerprint density at radius 1 is 0.457 bits per heavy atom. The average Bonchev–Trinajstić information content (AvgIpc) is 3.30. The van der Waals surface area contributed by atoms with Gasteiger partial charge in [-0.15, -0.1) is 0 Å². The second-order valence-electron chi connectivity index (χ2n) is 11.1. The van der Waals surface area contributed by atoms with Gasteiger partial charge in [0.05, 0.1) is 26.4 Å².